The zero-order valence-electron chi connectivity index (χ0n) is 16.3. The molecule has 0 radical (unpaired) electrons. The molecule has 1 heterocycles. The van der Waals surface area contributed by atoms with Crippen molar-refractivity contribution in [2.24, 2.45) is 7.05 Å². The number of carbonyl (C=O) groups excluding carboxylic acids is 1. The minimum atomic E-state index is -4.64. The summed E-state index contributed by atoms with van der Waals surface area (Å²) in [6.07, 6.45) is -1.05. The van der Waals surface area contributed by atoms with Gasteiger partial charge in [-0.15, -0.1) is 0 Å². The summed E-state index contributed by atoms with van der Waals surface area (Å²) in [5.41, 5.74) is 1.35. The molecular formula is C21H20ClF3N4O. The summed E-state index contributed by atoms with van der Waals surface area (Å²) in [6, 6.07) is 10.3. The molecule has 0 spiro atoms. The van der Waals surface area contributed by atoms with Gasteiger partial charge in [0.1, 0.15) is 0 Å². The van der Waals surface area contributed by atoms with Crippen molar-refractivity contribution in [3.05, 3.63) is 76.6 Å². The lowest BCUT2D eigenvalue weighted by atomic mass is 10.0. The molecule has 1 unspecified atom stereocenters. The molecule has 0 saturated carbocycles. The Morgan fingerprint density at radius 3 is 2.57 bits per heavy atom. The number of hydrogen-bond acceptors (Lipinski definition) is 3. The van der Waals surface area contributed by atoms with Crippen LogP contribution in [0, 0.1) is 0 Å². The molecule has 158 valence electrons. The van der Waals surface area contributed by atoms with Gasteiger partial charge in [0.15, 0.2) is 0 Å². The molecule has 0 aliphatic rings. The van der Waals surface area contributed by atoms with E-state index in [1.165, 1.54) is 12.1 Å². The molecule has 1 atom stereocenters. The minimum absolute atomic E-state index is 0.226. The van der Waals surface area contributed by atoms with E-state index in [9.17, 15) is 18.0 Å². The quantitative estimate of drug-likeness (QED) is 0.600. The summed E-state index contributed by atoms with van der Waals surface area (Å²) in [4.78, 5) is 12.8. The van der Waals surface area contributed by atoms with Crippen molar-refractivity contribution < 1.29 is 18.0 Å². The van der Waals surface area contributed by atoms with Gasteiger partial charge < -0.3 is 10.6 Å². The number of amides is 1. The lowest BCUT2D eigenvalue weighted by molar-refractivity contribution is -0.137. The number of aromatic nitrogens is 2. The number of aryl methyl sites for hydroxylation is 1. The summed E-state index contributed by atoms with van der Waals surface area (Å²) in [5.74, 6) is -0.682. The van der Waals surface area contributed by atoms with Crippen LogP contribution in [0.2, 0.25) is 5.02 Å². The molecular weight excluding hydrogens is 417 g/mol. The Labute approximate surface area is 176 Å². The minimum Gasteiger partial charge on any atom is -0.344 e. The van der Waals surface area contributed by atoms with Crippen molar-refractivity contribution in [1.29, 1.82) is 0 Å². The number of benzene rings is 2. The van der Waals surface area contributed by atoms with Crippen LogP contribution in [0.15, 0.2) is 54.9 Å². The number of hydrogen-bond donors (Lipinski definition) is 2. The van der Waals surface area contributed by atoms with Crippen LogP contribution in [0.1, 0.15) is 27.5 Å². The Bertz CT molecular complexity index is 1050. The normalized spacial score (nSPS) is 12.6. The van der Waals surface area contributed by atoms with Crippen LogP contribution in [0.5, 0.6) is 0 Å². The summed E-state index contributed by atoms with van der Waals surface area (Å²) < 4.78 is 41.0. The van der Waals surface area contributed by atoms with E-state index in [-0.39, 0.29) is 5.56 Å². The summed E-state index contributed by atoms with van der Waals surface area (Å²) in [5, 5.41) is 9.31. The lowest BCUT2D eigenvalue weighted by Gasteiger charge is -2.20. The van der Waals surface area contributed by atoms with Crippen molar-refractivity contribution >= 4 is 17.5 Å². The second-order valence-electron chi connectivity index (χ2n) is 6.78. The first-order valence-corrected chi connectivity index (χ1v) is 9.48. The third-order valence-corrected chi connectivity index (χ3v) is 5.00. The van der Waals surface area contributed by atoms with E-state index in [1.54, 1.807) is 17.9 Å². The number of likely N-dealkylation sites (N-methyl/N-ethyl adjacent to an activating group) is 1. The number of halogens is 4. The van der Waals surface area contributed by atoms with Gasteiger partial charge in [0.25, 0.3) is 5.91 Å². The zero-order chi connectivity index (χ0) is 21.9. The SMILES string of the molecule is CNCC(NC(=O)c1cccc(C(F)(F)F)c1Cl)c1cccc(-c2cnn(C)c2)c1. The molecule has 1 amide bonds. The van der Waals surface area contributed by atoms with Crippen LogP contribution in [-0.2, 0) is 13.2 Å². The van der Waals surface area contributed by atoms with Crippen LogP contribution >= 0.6 is 11.6 Å². The lowest BCUT2D eigenvalue weighted by Crippen LogP contribution is -2.35. The Morgan fingerprint density at radius 2 is 1.93 bits per heavy atom. The van der Waals surface area contributed by atoms with Gasteiger partial charge in [-0.1, -0.05) is 35.9 Å². The van der Waals surface area contributed by atoms with Gasteiger partial charge in [-0.05, 0) is 36.4 Å². The highest BCUT2D eigenvalue weighted by Gasteiger charge is 2.34. The van der Waals surface area contributed by atoms with Gasteiger partial charge >= 0.3 is 6.18 Å². The highest BCUT2D eigenvalue weighted by atomic mass is 35.5. The molecule has 0 saturated heterocycles. The van der Waals surface area contributed by atoms with Gasteiger partial charge in [0.2, 0.25) is 0 Å². The van der Waals surface area contributed by atoms with E-state index in [0.29, 0.717) is 6.54 Å². The largest absolute Gasteiger partial charge is 0.417 e. The van der Waals surface area contributed by atoms with Gasteiger partial charge in [-0.25, -0.2) is 0 Å². The summed E-state index contributed by atoms with van der Waals surface area (Å²) in [6.45, 7) is 0.374. The Morgan fingerprint density at radius 1 is 1.20 bits per heavy atom. The van der Waals surface area contributed by atoms with E-state index in [1.807, 2.05) is 37.5 Å². The first-order valence-electron chi connectivity index (χ1n) is 9.11. The fourth-order valence-corrected chi connectivity index (χ4v) is 3.44. The number of nitrogens with zero attached hydrogens (tertiary/aromatic N) is 2. The van der Waals surface area contributed by atoms with Gasteiger partial charge in [-0.3, -0.25) is 9.48 Å². The van der Waals surface area contributed by atoms with Crippen LogP contribution in [-0.4, -0.2) is 29.3 Å². The monoisotopic (exact) mass is 436 g/mol. The Balaban J connectivity index is 1.89. The first kappa shape index (κ1) is 21.9. The predicted molar refractivity (Wildman–Crippen MR) is 109 cm³/mol. The van der Waals surface area contributed by atoms with E-state index < -0.39 is 28.7 Å². The molecule has 1 aromatic heterocycles. The number of rotatable bonds is 6. The van der Waals surface area contributed by atoms with Crippen LogP contribution in [0.4, 0.5) is 13.2 Å². The molecule has 0 fully saturated rings. The van der Waals surface area contributed by atoms with Crippen LogP contribution in [0.25, 0.3) is 11.1 Å². The zero-order valence-corrected chi connectivity index (χ0v) is 17.1. The molecule has 3 aromatic rings. The smallest absolute Gasteiger partial charge is 0.344 e. The number of carbonyl (C=O) groups is 1. The van der Waals surface area contributed by atoms with Crippen molar-refractivity contribution in [2.45, 2.75) is 12.2 Å². The maximum absolute atomic E-state index is 13.1. The van der Waals surface area contributed by atoms with Crippen molar-refractivity contribution in [3.8, 4) is 11.1 Å². The summed E-state index contributed by atoms with van der Waals surface area (Å²) in [7, 11) is 3.54. The molecule has 0 aliphatic heterocycles. The van der Waals surface area contributed by atoms with Crippen LogP contribution < -0.4 is 10.6 Å². The maximum atomic E-state index is 13.1. The predicted octanol–water partition coefficient (Wildman–Crippen LogP) is 4.45. The van der Waals surface area contributed by atoms with Crippen LogP contribution in [0.3, 0.4) is 0 Å². The standard InChI is InChI=1S/C21H20ClF3N4O/c1-26-11-18(14-6-3-5-13(9-14)15-10-27-29(2)12-15)28-20(30)16-7-4-8-17(19(16)22)21(23,24)25/h3-10,12,18,26H,11H2,1-2H3,(H,28,30). The maximum Gasteiger partial charge on any atom is 0.417 e. The average Bonchev–Trinajstić information content (AvgIpc) is 3.13. The van der Waals surface area contributed by atoms with Gasteiger partial charge in [-0.2, -0.15) is 18.3 Å². The highest BCUT2D eigenvalue weighted by Crippen LogP contribution is 2.36. The van der Waals surface area contributed by atoms with Gasteiger partial charge in [0.05, 0.1) is 28.4 Å². The third-order valence-electron chi connectivity index (χ3n) is 4.59. The molecule has 2 aromatic carbocycles. The van der Waals surface area contributed by atoms with Gasteiger partial charge in [0, 0.05) is 25.4 Å². The van der Waals surface area contributed by atoms with Crippen molar-refractivity contribution in [2.75, 3.05) is 13.6 Å². The van der Waals surface area contributed by atoms with Crippen molar-refractivity contribution in [3.63, 3.8) is 0 Å². The van der Waals surface area contributed by atoms with E-state index in [0.717, 1.165) is 22.8 Å². The van der Waals surface area contributed by atoms with E-state index in [2.05, 4.69) is 15.7 Å². The average molecular weight is 437 g/mol. The number of nitrogens with one attached hydrogen (secondary N) is 2. The van der Waals surface area contributed by atoms with Crippen molar-refractivity contribution in [1.82, 2.24) is 20.4 Å². The fraction of sp³-hybridized carbons (Fsp3) is 0.238. The second-order valence-corrected chi connectivity index (χ2v) is 7.15. The molecule has 2 N–H and O–H groups in total. The molecule has 5 nitrogen and oxygen atoms in total. The molecule has 3 rings (SSSR count). The molecule has 9 heteroatoms. The Hall–Kier alpha value is -2.84. The molecule has 30 heavy (non-hydrogen) atoms. The molecule has 0 aliphatic carbocycles. The van der Waals surface area contributed by atoms with E-state index >= 15 is 0 Å². The fourth-order valence-electron chi connectivity index (χ4n) is 3.12. The van der Waals surface area contributed by atoms with E-state index in [4.69, 9.17) is 11.6 Å². The topological polar surface area (TPSA) is 58.9 Å². The highest BCUT2D eigenvalue weighted by molar-refractivity contribution is 6.34. The second kappa shape index (κ2) is 8.89. The molecule has 0 bridgehead atoms. The third kappa shape index (κ3) is 4.83. The summed E-state index contributed by atoms with van der Waals surface area (Å²) >= 11 is 5.90. The Kier molecular flexibility index (Phi) is 6.48. The number of alkyl halides is 3. The first-order chi connectivity index (χ1) is 14.2.